The summed E-state index contributed by atoms with van der Waals surface area (Å²) >= 11 is 0. The van der Waals surface area contributed by atoms with Crippen LogP contribution in [0.1, 0.15) is 42.8 Å². The van der Waals surface area contributed by atoms with Gasteiger partial charge in [-0.3, -0.25) is 4.68 Å². The third-order valence-electron chi connectivity index (χ3n) is 3.17. The van der Waals surface area contributed by atoms with Crippen LogP contribution >= 0.6 is 0 Å². The average Bonchev–Trinajstić information content (AvgIpc) is 2.75. The van der Waals surface area contributed by atoms with Crippen molar-refractivity contribution in [3.63, 3.8) is 0 Å². The van der Waals surface area contributed by atoms with Crippen LogP contribution in [0.4, 0.5) is 0 Å². The summed E-state index contributed by atoms with van der Waals surface area (Å²) in [6, 6.07) is 8.10. The summed E-state index contributed by atoms with van der Waals surface area (Å²) in [5, 5.41) is 14.2. The van der Waals surface area contributed by atoms with E-state index < -0.39 is 6.10 Å². The molecule has 0 saturated carbocycles. The second-order valence-electron chi connectivity index (χ2n) is 4.84. The number of nitrogens with zero attached hydrogens (tertiary/aromatic N) is 3. The first-order valence-corrected chi connectivity index (χ1v) is 6.18. The fraction of sp³-hybridized carbons (Fsp3) is 0.429. The smallest absolute Gasteiger partial charge is 0.138 e. The van der Waals surface area contributed by atoms with Crippen molar-refractivity contribution >= 4 is 0 Å². The van der Waals surface area contributed by atoms with E-state index in [0.717, 1.165) is 11.4 Å². The van der Waals surface area contributed by atoms with Crippen LogP contribution in [-0.4, -0.2) is 19.9 Å². The van der Waals surface area contributed by atoms with Crippen LogP contribution in [0.15, 0.2) is 30.6 Å². The van der Waals surface area contributed by atoms with Crippen molar-refractivity contribution < 1.29 is 5.11 Å². The lowest BCUT2D eigenvalue weighted by atomic mass is 9.99. The van der Waals surface area contributed by atoms with Crippen LogP contribution in [0.25, 0.3) is 0 Å². The van der Waals surface area contributed by atoms with Gasteiger partial charge in [-0.1, -0.05) is 38.1 Å². The Kier molecular flexibility index (Phi) is 3.77. The highest BCUT2D eigenvalue weighted by molar-refractivity contribution is 5.26. The number of rotatable bonds is 4. The molecule has 0 radical (unpaired) electrons. The minimum Gasteiger partial charge on any atom is -0.388 e. The number of aromatic nitrogens is 3. The van der Waals surface area contributed by atoms with E-state index in [1.54, 1.807) is 4.68 Å². The molecule has 96 valence electrons. The number of aliphatic hydroxyl groups excluding tert-OH is 1. The minimum absolute atomic E-state index is 0.484. The van der Waals surface area contributed by atoms with Crippen molar-refractivity contribution in [2.45, 2.75) is 32.3 Å². The van der Waals surface area contributed by atoms with Gasteiger partial charge in [0.2, 0.25) is 0 Å². The van der Waals surface area contributed by atoms with E-state index in [4.69, 9.17) is 0 Å². The van der Waals surface area contributed by atoms with E-state index in [9.17, 15) is 5.11 Å². The normalized spacial score (nSPS) is 12.9. The number of hydrogen-bond acceptors (Lipinski definition) is 3. The van der Waals surface area contributed by atoms with E-state index in [1.807, 2.05) is 19.2 Å². The average molecular weight is 245 g/mol. The van der Waals surface area contributed by atoms with Gasteiger partial charge in [0.05, 0.1) is 6.10 Å². The summed E-state index contributed by atoms with van der Waals surface area (Å²) in [6.07, 6.45) is 1.45. The predicted octanol–water partition coefficient (Wildman–Crippen LogP) is 2.21. The quantitative estimate of drug-likeness (QED) is 0.898. The van der Waals surface area contributed by atoms with Crippen LogP contribution in [-0.2, 0) is 13.5 Å². The third-order valence-corrected chi connectivity index (χ3v) is 3.17. The highest BCUT2D eigenvalue weighted by Crippen LogP contribution is 2.20. The van der Waals surface area contributed by atoms with Gasteiger partial charge in [0.1, 0.15) is 12.2 Å². The molecule has 2 aromatic rings. The molecule has 0 bridgehead atoms. The monoisotopic (exact) mass is 245 g/mol. The van der Waals surface area contributed by atoms with Crippen molar-refractivity contribution in [3.05, 3.63) is 47.5 Å². The standard InChI is InChI=1S/C14H19N3O/c1-10(2)11-4-6-12(7-5-11)13(18)8-14-15-9-16-17(14)3/h4-7,9-10,13,18H,8H2,1-3H3. The van der Waals surface area contributed by atoms with Gasteiger partial charge >= 0.3 is 0 Å². The van der Waals surface area contributed by atoms with Crippen molar-refractivity contribution in [1.29, 1.82) is 0 Å². The van der Waals surface area contributed by atoms with Crippen molar-refractivity contribution in [2.24, 2.45) is 7.05 Å². The zero-order chi connectivity index (χ0) is 13.1. The van der Waals surface area contributed by atoms with E-state index in [2.05, 4.69) is 36.1 Å². The maximum Gasteiger partial charge on any atom is 0.138 e. The second kappa shape index (κ2) is 5.31. The largest absolute Gasteiger partial charge is 0.388 e. The second-order valence-corrected chi connectivity index (χ2v) is 4.84. The summed E-state index contributed by atoms with van der Waals surface area (Å²) < 4.78 is 1.69. The summed E-state index contributed by atoms with van der Waals surface area (Å²) in [7, 11) is 1.83. The number of hydrogen-bond donors (Lipinski definition) is 1. The van der Waals surface area contributed by atoms with Gasteiger partial charge in [0.15, 0.2) is 0 Å². The first-order chi connectivity index (χ1) is 8.58. The Balaban J connectivity index is 2.09. The number of aliphatic hydroxyl groups is 1. The topological polar surface area (TPSA) is 50.9 Å². The summed E-state index contributed by atoms with van der Waals surface area (Å²) in [4.78, 5) is 4.12. The lowest BCUT2D eigenvalue weighted by Crippen LogP contribution is -2.07. The van der Waals surface area contributed by atoms with E-state index in [1.165, 1.54) is 11.9 Å². The highest BCUT2D eigenvalue weighted by atomic mass is 16.3. The zero-order valence-corrected chi connectivity index (χ0v) is 11.0. The molecule has 1 unspecified atom stereocenters. The van der Waals surface area contributed by atoms with E-state index in [-0.39, 0.29) is 0 Å². The van der Waals surface area contributed by atoms with Crippen LogP contribution in [0.5, 0.6) is 0 Å². The van der Waals surface area contributed by atoms with Gasteiger partial charge in [0.25, 0.3) is 0 Å². The molecule has 0 saturated heterocycles. The van der Waals surface area contributed by atoms with Gasteiger partial charge in [0, 0.05) is 13.5 Å². The zero-order valence-electron chi connectivity index (χ0n) is 11.0. The number of benzene rings is 1. The van der Waals surface area contributed by atoms with Gasteiger partial charge in [-0.2, -0.15) is 5.10 Å². The molecule has 0 amide bonds. The van der Waals surface area contributed by atoms with Crippen molar-refractivity contribution in [2.75, 3.05) is 0 Å². The fourth-order valence-electron chi connectivity index (χ4n) is 1.90. The summed E-state index contributed by atoms with van der Waals surface area (Å²) in [5.41, 5.74) is 2.20. The number of aryl methyl sites for hydroxylation is 1. The van der Waals surface area contributed by atoms with Gasteiger partial charge < -0.3 is 5.11 Å². The van der Waals surface area contributed by atoms with Crippen LogP contribution in [0, 0.1) is 0 Å². The summed E-state index contributed by atoms with van der Waals surface area (Å²) in [6.45, 7) is 4.32. The third kappa shape index (κ3) is 2.76. The molecule has 0 fully saturated rings. The molecule has 1 atom stereocenters. The molecule has 1 N–H and O–H groups in total. The maximum absolute atomic E-state index is 10.2. The molecule has 0 aliphatic heterocycles. The van der Waals surface area contributed by atoms with E-state index in [0.29, 0.717) is 12.3 Å². The predicted molar refractivity (Wildman–Crippen MR) is 70.2 cm³/mol. The van der Waals surface area contributed by atoms with Crippen molar-refractivity contribution in [3.8, 4) is 0 Å². The Bertz CT molecular complexity index is 502. The Morgan fingerprint density at radius 2 is 1.78 bits per heavy atom. The minimum atomic E-state index is -0.533. The van der Waals surface area contributed by atoms with Gasteiger partial charge in [-0.05, 0) is 17.0 Å². The lowest BCUT2D eigenvalue weighted by Gasteiger charge is -2.12. The Morgan fingerprint density at radius 3 is 2.28 bits per heavy atom. The molecule has 1 heterocycles. The van der Waals surface area contributed by atoms with Crippen LogP contribution in [0.3, 0.4) is 0 Å². The first-order valence-electron chi connectivity index (χ1n) is 6.18. The SMILES string of the molecule is CC(C)c1ccc(C(O)Cc2ncnn2C)cc1. The Labute approximate surface area is 107 Å². The van der Waals surface area contributed by atoms with Gasteiger partial charge in [-0.25, -0.2) is 4.98 Å². The molecule has 4 heteroatoms. The van der Waals surface area contributed by atoms with Gasteiger partial charge in [-0.15, -0.1) is 0 Å². The maximum atomic E-state index is 10.2. The van der Waals surface area contributed by atoms with Crippen LogP contribution in [0.2, 0.25) is 0 Å². The molecular formula is C14H19N3O. The molecule has 0 spiro atoms. The molecule has 0 aliphatic rings. The molecule has 1 aromatic heterocycles. The fourth-order valence-corrected chi connectivity index (χ4v) is 1.90. The molecular weight excluding hydrogens is 226 g/mol. The Hall–Kier alpha value is -1.68. The lowest BCUT2D eigenvalue weighted by molar-refractivity contribution is 0.174. The molecule has 4 nitrogen and oxygen atoms in total. The summed E-state index contributed by atoms with van der Waals surface area (Å²) in [5.74, 6) is 1.30. The van der Waals surface area contributed by atoms with Crippen LogP contribution < -0.4 is 0 Å². The molecule has 18 heavy (non-hydrogen) atoms. The van der Waals surface area contributed by atoms with E-state index >= 15 is 0 Å². The molecule has 1 aromatic carbocycles. The van der Waals surface area contributed by atoms with Crippen molar-refractivity contribution in [1.82, 2.24) is 14.8 Å². The molecule has 0 aliphatic carbocycles. The Morgan fingerprint density at radius 1 is 1.17 bits per heavy atom. The first kappa shape index (κ1) is 12.8. The molecule has 2 rings (SSSR count). The highest BCUT2D eigenvalue weighted by Gasteiger charge is 2.12.